The van der Waals surface area contributed by atoms with Crippen molar-refractivity contribution in [2.45, 2.75) is 12.4 Å². The van der Waals surface area contributed by atoms with E-state index >= 15 is 0 Å². The molecule has 8 heteroatoms. The number of nitrogens with one attached hydrogen (secondary N) is 1. The lowest BCUT2D eigenvalue weighted by Crippen LogP contribution is -2.17. The van der Waals surface area contributed by atoms with E-state index in [1.54, 1.807) is 4.98 Å². The van der Waals surface area contributed by atoms with Crippen molar-refractivity contribution in [2.75, 3.05) is 0 Å². The number of H-pyrrole nitrogens is 1. The van der Waals surface area contributed by atoms with Gasteiger partial charge in [-0.15, -0.1) is 0 Å². The van der Waals surface area contributed by atoms with E-state index in [0.29, 0.717) is 6.07 Å². The van der Waals surface area contributed by atoms with Gasteiger partial charge in [-0.3, -0.25) is 4.79 Å². The van der Waals surface area contributed by atoms with Crippen LogP contribution in [0, 0.1) is 0 Å². The molecule has 0 saturated carbocycles. The zero-order valence-corrected chi connectivity index (χ0v) is 10.1. The van der Waals surface area contributed by atoms with Gasteiger partial charge in [0.05, 0.1) is 5.56 Å². The van der Waals surface area contributed by atoms with Gasteiger partial charge in [-0.1, -0.05) is 12.1 Å². The fourth-order valence-electron chi connectivity index (χ4n) is 1.80. The van der Waals surface area contributed by atoms with Gasteiger partial charge in [0, 0.05) is 11.6 Å². The predicted molar refractivity (Wildman–Crippen MR) is 62.5 cm³/mol. The number of hydrogen-bond acceptors (Lipinski definition) is 1. The number of aromatic amines is 1. The molecule has 0 radical (unpaired) electrons. The standard InChI is InChI=1S/C13H7F6NO/c14-12(15,16)8-3-1-2-7(6-8)9-4-5-10(21)20-11(9)13(17,18)19/h1-6H,(H,20,21). The molecule has 0 spiro atoms. The van der Waals surface area contributed by atoms with E-state index in [1.807, 2.05) is 0 Å². The van der Waals surface area contributed by atoms with Gasteiger partial charge in [-0.25, -0.2) is 0 Å². The monoisotopic (exact) mass is 307 g/mol. The Labute approximate surface area is 114 Å². The highest BCUT2D eigenvalue weighted by Gasteiger charge is 2.36. The van der Waals surface area contributed by atoms with Crippen LogP contribution in [0.1, 0.15) is 11.3 Å². The van der Waals surface area contributed by atoms with Crippen molar-refractivity contribution in [1.82, 2.24) is 4.98 Å². The first kappa shape index (κ1) is 15.1. The molecule has 2 nitrogen and oxygen atoms in total. The minimum Gasteiger partial charge on any atom is -0.318 e. The number of benzene rings is 1. The SMILES string of the molecule is O=c1ccc(-c2cccc(C(F)(F)F)c2)c(C(F)(F)F)[nH]1. The molecule has 2 aromatic rings. The zero-order valence-electron chi connectivity index (χ0n) is 10.1. The molecule has 112 valence electrons. The summed E-state index contributed by atoms with van der Waals surface area (Å²) in [5, 5.41) is 0. The highest BCUT2D eigenvalue weighted by molar-refractivity contribution is 5.67. The third-order valence-corrected chi connectivity index (χ3v) is 2.70. The Bertz CT molecular complexity index is 714. The van der Waals surface area contributed by atoms with Crippen LogP contribution in [0.3, 0.4) is 0 Å². The van der Waals surface area contributed by atoms with Gasteiger partial charge in [0.25, 0.3) is 0 Å². The highest BCUT2D eigenvalue weighted by atomic mass is 19.4. The Balaban J connectivity index is 2.66. The summed E-state index contributed by atoms with van der Waals surface area (Å²) in [6, 6.07) is 5.13. The summed E-state index contributed by atoms with van der Waals surface area (Å²) < 4.78 is 76.4. The van der Waals surface area contributed by atoms with Crippen LogP contribution in [0.25, 0.3) is 11.1 Å². The highest BCUT2D eigenvalue weighted by Crippen LogP contribution is 2.37. The van der Waals surface area contributed by atoms with Crippen LogP contribution in [0.15, 0.2) is 41.2 Å². The quantitative estimate of drug-likeness (QED) is 0.791. The fourth-order valence-corrected chi connectivity index (χ4v) is 1.80. The Morgan fingerprint density at radius 3 is 2.10 bits per heavy atom. The number of rotatable bonds is 1. The molecule has 0 unspecified atom stereocenters. The Kier molecular flexibility index (Phi) is 3.56. The zero-order chi connectivity index (χ0) is 15.8. The van der Waals surface area contributed by atoms with Gasteiger partial charge in [-0.2, -0.15) is 26.3 Å². The predicted octanol–water partition coefficient (Wildman–Crippen LogP) is 4.08. The summed E-state index contributed by atoms with van der Waals surface area (Å²) in [7, 11) is 0. The number of hydrogen-bond donors (Lipinski definition) is 1. The molecule has 1 aromatic heterocycles. The van der Waals surface area contributed by atoms with Gasteiger partial charge in [0.15, 0.2) is 0 Å². The normalized spacial score (nSPS) is 12.5. The second-order valence-corrected chi connectivity index (χ2v) is 4.19. The van der Waals surface area contributed by atoms with Crippen molar-refractivity contribution in [3.05, 3.63) is 58.0 Å². The van der Waals surface area contributed by atoms with Gasteiger partial charge < -0.3 is 4.98 Å². The Hall–Kier alpha value is -2.25. The number of aromatic nitrogens is 1. The van der Waals surface area contributed by atoms with Crippen LogP contribution in [0.4, 0.5) is 26.3 Å². The maximum absolute atomic E-state index is 12.9. The Morgan fingerprint density at radius 2 is 1.52 bits per heavy atom. The van der Waals surface area contributed by atoms with Crippen molar-refractivity contribution in [2.24, 2.45) is 0 Å². The minimum absolute atomic E-state index is 0.284. The van der Waals surface area contributed by atoms with E-state index in [2.05, 4.69) is 0 Å². The van der Waals surface area contributed by atoms with Crippen LogP contribution in [0.2, 0.25) is 0 Å². The van der Waals surface area contributed by atoms with Crippen molar-refractivity contribution in [1.29, 1.82) is 0 Å². The second kappa shape index (κ2) is 4.94. The summed E-state index contributed by atoms with van der Waals surface area (Å²) in [4.78, 5) is 12.6. The van der Waals surface area contributed by atoms with Crippen molar-refractivity contribution < 1.29 is 26.3 Å². The average molecular weight is 307 g/mol. The summed E-state index contributed by atoms with van der Waals surface area (Å²) in [5.74, 6) is 0. The number of pyridine rings is 1. The molecule has 0 saturated heterocycles. The van der Waals surface area contributed by atoms with Crippen LogP contribution < -0.4 is 5.56 Å². The third-order valence-electron chi connectivity index (χ3n) is 2.70. The van der Waals surface area contributed by atoms with Crippen molar-refractivity contribution in [3.63, 3.8) is 0 Å². The van der Waals surface area contributed by atoms with Gasteiger partial charge in [-0.05, 0) is 23.8 Å². The van der Waals surface area contributed by atoms with E-state index in [0.717, 1.165) is 30.3 Å². The second-order valence-electron chi connectivity index (χ2n) is 4.19. The van der Waals surface area contributed by atoms with Crippen LogP contribution >= 0.6 is 0 Å². The minimum atomic E-state index is -4.88. The van der Waals surface area contributed by atoms with Crippen molar-refractivity contribution in [3.8, 4) is 11.1 Å². The maximum atomic E-state index is 12.9. The molecule has 0 atom stereocenters. The molecule has 21 heavy (non-hydrogen) atoms. The lowest BCUT2D eigenvalue weighted by Gasteiger charge is -2.13. The summed E-state index contributed by atoms with van der Waals surface area (Å²) in [5.41, 5.74) is -4.24. The molecule has 2 rings (SSSR count). The van der Waals surface area contributed by atoms with Crippen molar-refractivity contribution >= 4 is 0 Å². The fraction of sp³-hybridized carbons (Fsp3) is 0.154. The first-order valence-corrected chi connectivity index (χ1v) is 5.57. The lowest BCUT2D eigenvalue weighted by molar-refractivity contribution is -0.140. The molecular weight excluding hydrogens is 300 g/mol. The van der Waals surface area contributed by atoms with E-state index in [4.69, 9.17) is 0 Å². The van der Waals surface area contributed by atoms with Crippen LogP contribution in [-0.2, 0) is 12.4 Å². The lowest BCUT2D eigenvalue weighted by atomic mass is 10.0. The topological polar surface area (TPSA) is 32.9 Å². The third kappa shape index (κ3) is 3.26. The molecule has 1 heterocycles. The molecule has 0 aliphatic carbocycles. The first-order valence-electron chi connectivity index (χ1n) is 5.57. The van der Waals surface area contributed by atoms with Crippen LogP contribution in [-0.4, -0.2) is 4.98 Å². The number of halogens is 6. The molecule has 0 fully saturated rings. The van der Waals surface area contributed by atoms with Crippen LogP contribution in [0.5, 0.6) is 0 Å². The molecule has 0 bridgehead atoms. The maximum Gasteiger partial charge on any atom is 0.431 e. The smallest absolute Gasteiger partial charge is 0.318 e. The molecule has 1 N–H and O–H groups in total. The van der Waals surface area contributed by atoms with E-state index in [1.165, 1.54) is 0 Å². The molecule has 0 aliphatic heterocycles. The molecule has 1 aromatic carbocycles. The first-order chi connectivity index (χ1) is 9.59. The number of alkyl halides is 6. The summed E-state index contributed by atoms with van der Waals surface area (Å²) >= 11 is 0. The Morgan fingerprint density at radius 1 is 0.857 bits per heavy atom. The summed E-state index contributed by atoms with van der Waals surface area (Å²) in [6.07, 6.45) is -9.55. The molecule has 0 aliphatic rings. The van der Waals surface area contributed by atoms with E-state index < -0.39 is 34.7 Å². The van der Waals surface area contributed by atoms with Gasteiger partial charge >= 0.3 is 12.4 Å². The van der Waals surface area contributed by atoms with E-state index in [9.17, 15) is 31.1 Å². The largest absolute Gasteiger partial charge is 0.431 e. The van der Waals surface area contributed by atoms with Gasteiger partial charge in [0.1, 0.15) is 5.69 Å². The molecule has 0 amide bonds. The summed E-state index contributed by atoms with van der Waals surface area (Å²) in [6.45, 7) is 0. The molecular formula is C13H7F6NO. The van der Waals surface area contributed by atoms with E-state index in [-0.39, 0.29) is 5.56 Å². The average Bonchev–Trinajstić information content (AvgIpc) is 2.37. The van der Waals surface area contributed by atoms with Gasteiger partial charge in [0.2, 0.25) is 5.56 Å².